The number of hydrogen-bond donors (Lipinski definition) is 0. The van der Waals surface area contributed by atoms with Gasteiger partial charge in [-0.25, -0.2) is 0 Å². The Hall–Kier alpha value is -2.75. The number of amides is 2. The van der Waals surface area contributed by atoms with E-state index in [2.05, 4.69) is 0 Å². The van der Waals surface area contributed by atoms with Crippen molar-refractivity contribution >= 4 is 11.8 Å². The number of carbonyl (C=O) groups is 2. The summed E-state index contributed by atoms with van der Waals surface area (Å²) in [5.41, 5.74) is 0.174. The maximum absolute atomic E-state index is 12.5. The Morgan fingerprint density at radius 3 is 2.36 bits per heavy atom. The molecule has 0 unspecified atom stereocenters. The molecular formula is C18H22N4O3. The van der Waals surface area contributed by atoms with E-state index >= 15 is 0 Å². The average Bonchev–Trinajstić information content (AvgIpc) is 3.21. The molecule has 2 fully saturated rings. The van der Waals surface area contributed by atoms with Crippen LogP contribution in [0, 0.1) is 11.3 Å². The van der Waals surface area contributed by atoms with E-state index in [9.17, 15) is 14.9 Å². The molecule has 0 aromatic carbocycles. The predicted octanol–water partition coefficient (Wildman–Crippen LogP) is 1.46. The summed E-state index contributed by atoms with van der Waals surface area (Å²) in [6, 6.07) is 5.38. The molecule has 0 bridgehead atoms. The molecule has 2 saturated heterocycles. The zero-order valence-corrected chi connectivity index (χ0v) is 14.2. The Bertz CT molecular complexity index is 676. The average molecular weight is 342 g/mol. The Kier molecular flexibility index (Phi) is 5.39. The fourth-order valence-corrected chi connectivity index (χ4v) is 3.19. The summed E-state index contributed by atoms with van der Waals surface area (Å²) in [4.78, 5) is 30.1. The van der Waals surface area contributed by atoms with Crippen molar-refractivity contribution in [3.63, 3.8) is 0 Å². The zero-order valence-electron chi connectivity index (χ0n) is 14.2. The summed E-state index contributed by atoms with van der Waals surface area (Å²) in [6.45, 7) is 3.70. The summed E-state index contributed by atoms with van der Waals surface area (Å²) in [5.74, 6) is 0.0248. The van der Waals surface area contributed by atoms with E-state index in [1.165, 1.54) is 6.26 Å². The van der Waals surface area contributed by atoms with E-state index in [4.69, 9.17) is 4.42 Å². The minimum absolute atomic E-state index is 0.126. The molecule has 1 aromatic rings. The highest BCUT2D eigenvalue weighted by Crippen LogP contribution is 2.14. The number of carbonyl (C=O) groups excluding carboxylic acids is 2. The summed E-state index contributed by atoms with van der Waals surface area (Å²) in [7, 11) is 0. The second kappa shape index (κ2) is 7.88. The fourth-order valence-electron chi connectivity index (χ4n) is 3.19. The molecule has 0 spiro atoms. The molecule has 0 radical (unpaired) electrons. The van der Waals surface area contributed by atoms with Crippen LogP contribution in [0.5, 0.6) is 0 Å². The van der Waals surface area contributed by atoms with Gasteiger partial charge in [0, 0.05) is 45.5 Å². The van der Waals surface area contributed by atoms with Gasteiger partial charge < -0.3 is 19.1 Å². The molecule has 2 aliphatic rings. The molecule has 0 saturated carbocycles. The van der Waals surface area contributed by atoms with Crippen LogP contribution in [0.25, 0.3) is 0 Å². The van der Waals surface area contributed by atoms with Gasteiger partial charge in [0.15, 0.2) is 5.76 Å². The van der Waals surface area contributed by atoms with Crippen molar-refractivity contribution < 1.29 is 14.0 Å². The van der Waals surface area contributed by atoms with Crippen molar-refractivity contribution in [3.8, 4) is 6.07 Å². The van der Waals surface area contributed by atoms with E-state index < -0.39 is 0 Å². The second-order valence-electron chi connectivity index (χ2n) is 6.31. The first-order valence-corrected chi connectivity index (χ1v) is 8.67. The Morgan fingerprint density at radius 1 is 1.04 bits per heavy atom. The van der Waals surface area contributed by atoms with E-state index in [1.54, 1.807) is 28.1 Å². The number of nitrogens with zero attached hydrogens (tertiary/aromatic N) is 4. The van der Waals surface area contributed by atoms with Crippen molar-refractivity contribution in [2.75, 3.05) is 39.3 Å². The van der Waals surface area contributed by atoms with Crippen LogP contribution in [0.3, 0.4) is 0 Å². The highest BCUT2D eigenvalue weighted by molar-refractivity contribution is 5.97. The van der Waals surface area contributed by atoms with E-state index in [-0.39, 0.29) is 17.4 Å². The van der Waals surface area contributed by atoms with Crippen molar-refractivity contribution in [3.05, 3.63) is 35.9 Å². The van der Waals surface area contributed by atoms with Gasteiger partial charge in [0.05, 0.1) is 6.26 Å². The Labute approximate surface area is 147 Å². The first kappa shape index (κ1) is 17.1. The lowest BCUT2D eigenvalue weighted by Gasteiger charge is -2.34. The number of likely N-dealkylation sites (tertiary alicyclic amines) is 1. The lowest BCUT2D eigenvalue weighted by molar-refractivity contribution is -0.127. The lowest BCUT2D eigenvalue weighted by Crippen LogP contribution is -2.47. The first-order chi connectivity index (χ1) is 12.2. The first-order valence-electron chi connectivity index (χ1n) is 8.67. The van der Waals surface area contributed by atoms with Gasteiger partial charge in [-0.2, -0.15) is 5.26 Å². The van der Waals surface area contributed by atoms with Crippen LogP contribution in [0.2, 0.25) is 0 Å². The lowest BCUT2D eigenvalue weighted by atomic mass is 10.1. The topological polar surface area (TPSA) is 80.8 Å². The van der Waals surface area contributed by atoms with Gasteiger partial charge >= 0.3 is 0 Å². The summed E-state index contributed by atoms with van der Waals surface area (Å²) in [6.07, 6.45) is 6.26. The molecular weight excluding hydrogens is 320 g/mol. The van der Waals surface area contributed by atoms with Crippen LogP contribution in [-0.4, -0.2) is 65.8 Å². The van der Waals surface area contributed by atoms with Gasteiger partial charge in [0.1, 0.15) is 11.6 Å². The minimum atomic E-state index is -0.184. The third kappa shape index (κ3) is 4.02. The van der Waals surface area contributed by atoms with Crippen molar-refractivity contribution in [2.24, 2.45) is 0 Å². The van der Waals surface area contributed by atoms with E-state index in [0.29, 0.717) is 31.9 Å². The van der Waals surface area contributed by atoms with Crippen LogP contribution in [-0.2, 0) is 4.79 Å². The Balaban J connectivity index is 1.57. The normalized spacial score (nSPS) is 18.8. The molecule has 3 heterocycles. The zero-order chi connectivity index (χ0) is 17.6. The smallest absolute Gasteiger partial charge is 0.289 e. The van der Waals surface area contributed by atoms with Crippen molar-refractivity contribution in [2.45, 2.75) is 19.3 Å². The number of rotatable bonds is 3. The molecule has 1 aromatic heterocycles. The second-order valence-corrected chi connectivity index (χ2v) is 6.31. The molecule has 3 rings (SSSR count). The standard InChI is InChI=1S/C18H22N4O3/c19-13-15(17(23)21-6-2-1-3-7-21)14-20-8-10-22(11-9-20)18(24)16-5-4-12-25-16/h4-5,12,14H,1-3,6-11H2/b15-14-. The number of hydrogen-bond acceptors (Lipinski definition) is 5. The molecule has 0 N–H and O–H groups in total. The monoisotopic (exact) mass is 342 g/mol. The number of furan rings is 1. The van der Waals surface area contributed by atoms with Crippen LogP contribution >= 0.6 is 0 Å². The number of piperidine rings is 1. The summed E-state index contributed by atoms with van der Waals surface area (Å²) >= 11 is 0. The van der Waals surface area contributed by atoms with E-state index in [1.807, 2.05) is 11.0 Å². The molecule has 2 aliphatic heterocycles. The van der Waals surface area contributed by atoms with Gasteiger partial charge in [-0.05, 0) is 31.4 Å². The highest BCUT2D eigenvalue weighted by atomic mass is 16.3. The maximum atomic E-state index is 12.5. The molecule has 2 amide bonds. The molecule has 7 heteroatoms. The molecule has 0 atom stereocenters. The molecule has 7 nitrogen and oxygen atoms in total. The summed E-state index contributed by atoms with van der Waals surface area (Å²) in [5, 5.41) is 9.35. The van der Waals surface area contributed by atoms with Crippen molar-refractivity contribution in [1.29, 1.82) is 5.26 Å². The molecule has 132 valence electrons. The third-order valence-corrected chi connectivity index (χ3v) is 4.64. The van der Waals surface area contributed by atoms with Gasteiger partial charge in [0.25, 0.3) is 11.8 Å². The summed E-state index contributed by atoms with van der Waals surface area (Å²) < 4.78 is 5.15. The minimum Gasteiger partial charge on any atom is -0.459 e. The van der Waals surface area contributed by atoms with Gasteiger partial charge in [-0.3, -0.25) is 9.59 Å². The fraction of sp³-hybridized carbons (Fsp3) is 0.500. The van der Waals surface area contributed by atoms with Gasteiger partial charge in [0.2, 0.25) is 0 Å². The maximum Gasteiger partial charge on any atom is 0.289 e. The number of nitriles is 1. The largest absolute Gasteiger partial charge is 0.459 e. The highest BCUT2D eigenvalue weighted by Gasteiger charge is 2.25. The third-order valence-electron chi connectivity index (χ3n) is 4.64. The van der Waals surface area contributed by atoms with Crippen LogP contribution in [0.4, 0.5) is 0 Å². The van der Waals surface area contributed by atoms with Crippen LogP contribution in [0.15, 0.2) is 34.6 Å². The van der Waals surface area contributed by atoms with Crippen LogP contribution < -0.4 is 0 Å². The molecule has 25 heavy (non-hydrogen) atoms. The predicted molar refractivity (Wildman–Crippen MR) is 90.3 cm³/mol. The number of piperazine rings is 1. The van der Waals surface area contributed by atoms with Gasteiger partial charge in [-0.1, -0.05) is 0 Å². The van der Waals surface area contributed by atoms with E-state index in [0.717, 1.165) is 32.4 Å². The van der Waals surface area contributed by atoms with Crippen LogP contribution in [0.1, 0.15) is 29.8 Å². The van der Waals surface area contributed by atoms with Gasteiger partial charge in [-0.15, -0.1) is 0 Å². The Morgan fingerprint density at radius 2 is 1.76 bits per heavy atom. The quantitative estimate of drug-likeness (QED) is 0.614. The SMILES string of the molecule is N#C/C(=C/N1CCN(C(=O)c2ccco2)CC1)C(=O)N1CCCCC1. The van der Waals surface area contributed by atoms with Crippen molar-refractivity contribution in [1.82, 2.24) is 14.7 Å². The molecule has 0 aliphatic carbocycles.